The molecule has 0 aliphatic carbocycles. The minimum absolute atomic E-state index is 0.0218. The zero-order valence-electron chi connectivity index (χ0n) is 14.2. The van der Waals surface area contributed by atoms with E-state index >= 15 is 0 Å². The molecule has 2 amide bonds. The molecule has 1 heterocycles. The zero-order chi connectivity index (χ0) is 18.4. The van der Waals surface area contributed by atoms with Crippen molar-refractivity contribution >= 4 is 23.6 Å². The molecule has 7 nitrogen and oxygen atoms in total. The van der Waals surface area contributed by atoms with Crippen LogP contribution in [0.2, 0.25) is 0 Å². The van der Waals surface area contributed by atoms with E-state index in [1.54, 1.807) is 29.2 Å². The highest BCUT2D eigenvalue weighted by Crippen LogP contribution is 2.19. The number of hydrogen-bond donors (Lipinski definition) is 2. The number of rotatable bonds is 7. The molecule has 0 radical (unpaired) electrons. The number of benzene rings is 1. The summed E-state index contributed by atoms with van der Waals surface area (Å²) < 4.78 is 0. The lowest BCUT2D eigenvalue weighted by molar-refractivity contribution is -0.137. The van der Waals surface area contributed by atoms with Crippen LogP contribution in [-0.4, -0.2) is 52.7 Å². The number of nitrogens with one attached hydrogen (secondary N) is 1. The molecule has 25 heavy (non-hydrogen) atoms. The molecule has 134 valence electrons. The van der Waals surface area contributed by atoms with Crippen LogP contribution in [0.5, 0.6) is 0 Å². The monoisotopic (exact) mass is 346 g/mol. The van der Waals surface area contributed by atoms with Gasteiger partial charge in [0.05, 0.1) is 18.9 Å². The molecule has 2 N–H and O–H groups in total. The van der Waals surface area contributed by atoms with Crippen LogP contribution >= 0.6 is 0 Å². The first-order valence-electron chi connectivity index (χ1n) is 8.23. The van der Waals surface area contributed by atoms with Crippen LogP contribution in [0, 0.1) is 0 Å². The van der Waals surface area contributed by atoms with Gasteiger partial charge in [0.2, 0.25) is 11.8 Å². The lowest BCUT2D eigenvalue weighted by Gasteiger charge is -2.22. The lowest BCUT2D eigenvalue weighted by atomic mass is 10.1. The molecule has 1 aliphatic heterocycles. The fraction of sp³-hybridized carbons (Fsp3) is 0.444. The van der Waals surface area contributed by atoms with Crippen molar-refractivity contribution in [3.63, 3.8) is 0 Å². The molecule has 2 rings (SSSR count). The Morgan fingerprint density at radius 3 is 2.28 bits per heavy atom. The number of aliphatic carboxylic acids is 1. The molecule has 0 spiro atoms. The third-order valence-electron chi connectivity index (χ3n) is 4.22. The SMILES string of the molecule is CC(=O)[C@H]1CCCN1C(=O)Cc1ccc(CC(=O)NCC(=O)O)cc1. The quantitative estimate of drug-likeness (QED) is 0.750. The Labute approximate surface area is 146 Å². The second-order valence-electron chi connectivity index (χ2n) is 6.20. The van der Waals surface area contributed by atoms with Crippen molar-refractivity contribution < 1.29 is 24.3 Å². The summed E-state index contributed by atoms with van der Waals surface area (Å²) in [5.74, 6) is -1.50. The molecule has 1 aliphatic rings. The van der Waals surface area contributed by atoms with E-state index < -0.39 is 12.5 Å². The van der Waals surface area contributed by atoms with Crippen molar-refractivity contribution in [2.75, 3.05) is 13.1 Å². The molecular formula is C18H22N2O5. The standard InChI is InChI=1S/C18H22N2O5/c1-12(21)15-3-2-8-20(15)17(23)10-14-6-4-13(5-7-14)9-16(22)19-11-18(24)25/h4-7,15H,2-3,8-11H2,1H3,(H,19,22)(H,24,25)/t15-/m1/s1. The van der Waals surface area contributed by atoms with Crippen LogP contribution in [0.1, 0.15) is 30.9 Å². The topological polar surface area (TPSA) is 104 Å². The first-order valence-corrected chi connectivity index (χ1v) is 8.23. The van der Waals surface area contributed by atoms with Crippen LogP contribution in [0.4, 0.5) is 0 Å². The van der Waals surface area contributed by atoms with Gasteiger partial charge in [-0.2, -0.15) is 0 Å². The van der Waals surface area contributed by atoms with Crippen molar-refractivity contribution in [1.82, 2.24) is 10.2 Å². The van der Waals surface area contributed by atoms with Crippen molar-refractivity contribution in [2.45, 2.75) is 38.6 Å². The van der Waals surface area contributed by atoms with Gasteiger partial charge >= 0.3 is 5.97 Å². The summed E-state index contributed by atoms with van der Waals surface area (Å²) >= 11 is 0. The average Bonchev–Trinajstić information content (AvgIpc) is 3.05. The second kappa shape index (κ2) is 8.41. The summed E-state index contributed by atoms with van der Waals surface area (Å²) in [5, 5.41) is 10.8. The zero-order valence-corrected chi connectivity index (χ0v) is 14.2. The van der Waals surface area contributed by atoms with E-state index in [1.807, 2.05) is 0 Å². The molecule has 1 saturated heterocycles. The normalized spacial score (nSPS) is 16.5. The Balaban J connectivity index is 1.89. The minimum atomic E-state index is -1.09. The molecule has 1 aromatic carbocycles. The summed E-state index contributed by atoms with van der Waals surface area (Å²) in [6, 6.07) is 6.74. The van der Waals surface area contributed by atoms with Gasteiger partial charge in [-0.15, -0.1) is 0 Å². The molecule has 1 fully saturated rings. The number of Topliss-reactive ketones (excluding diaryl/α,β-unsaturated/α-hetero) is 1. The highest BCUT2D eigenvalue weighted by Gasteiger charge is 2.31. The van der Waals surface area contributed by atoms with E-state index in [-0.39, 0.29) is 36.5 Å². The Hall–Kier alpha value is -2.70. The molecule has 1 aromatic rings. The fourth-order valence-electron chi connectivity index (χ4n) is 2.96. The number of carboxylic acids is 1. The van der Waals surface area contributed by atoms with E-state index in [0.717, 1.165) is 24.0 Å². The number of hydrogen-bond acceptors (Lipinski definition) is 4. The van der Waals surface area contributed by atoms with E-state index in [9.17, 15) is 19.2 Å². The first kappa shape index (κ1) is 18.6. The van der Waals surface area contributed by atoms with Gasteiger partial charge in [-0.25, -0.2) is 0 Å². The predicted molar refractivity (Wildman–Crippen MR) is 89.9 cm³/mol. The Kier molecular flexibility index (Phi) is 6.27. The molecular weight excluding hydrogens is 324 g/mol. The van der Waals surface area contributed by atoms with Crippen LogP contribution in [0.15, 0.2) is 24.3 Å². The van der Waals surface area contributed by atoms with Gasteiger partial charge in [-0.1, -0.05) is 24.3 Å². The van der Waals surface area contributed by atoms with Crippen LogP contribution in [0.25, 0.3) is 0 Å². The average molecular weight is 346 g/mol. The summed E-state index contributed by atoms with van der Waals surface area (Å²) in [6.45, 7) is 1.73. The van der Waals surface area contributed by atoms with Crippen LogP contribution < -0.4 is 5.32 Å². The Morgan fingerprint density at radius 2 is 1.72 bits per heavy atom. The van der Waals surface area contributed by atoms with Crippen molar-refractivity contribution in [3.8, 4) is 0 Å². The highest BCUT2D eigenvalue weighted by molar-refractivity contribution is 5.89. The van der Waals surface area contributed by atoms with Crippen LogP contribution in [-0.2, 0) is 32.0 Å². The smallest absolute Gasteiger partial charge is 0.322 e. The number of nitrogens with zero attached hydrogens (tertiary/aromatic N) is 1. The lowest BCUT2D eigenvalue weighted by Crippen LogP contribution is -2.40. The number of carboxylic acid groups (broad SMARTS) is 1. The molecule has 0 aromatic heterocycles. The molecule has 7 heteroatoms. The number of carbonyl (C=O) groups excluding carboxylic acids is 3. The van der Waals surface area contributed by atoms with Gasteiger partial charge in [0.1, 0.15) is 6.54 Å². The first-order chi connectivity index (χ1) is 11.9. The molecule has 1 atom stereocenters. The number of carbonyl (C=O) groups is 4. The highest BCUT2D eigenvalue weighted by atomic mass is 16.4. The van der Waals surface area contributed by atoms with Crippen molar-refractivity contribution in [1.29, 1.82) is 0 Å². The van der Waals surface area contributed by atoms with Crippen molar-refractivity contribution in [2.24, 2.45) is 0 Å². The Bertz CT molecular complexity index is 669. The van der Waals surface area contributed by atoms with E-state index in [2.05, 4.69) is 5.32 Å². The Morgan fingerprint density at radius 1 is 1.12 bits per heavy atom. The maximum absolute atomic E-state index is 12.4. The maximum Gasteiger partial charge on any atom is 0.322 e. The largest absolute Gasteiger partial charge is 0.480 e. The number of amides is 2. The van der Waals surface area contributed by atoms with Gasteiger partial charge in [0.15, 0.2) is 5.78 Å². The summed E-state index contributed by atoms with van der Waals surface area (Å²) in [4.78, 5) is 47.6. The minimum Gasteiger partial charge on any atom is -0.480 e. The number of likely N-dealkylation sites (tertiary alicyclic amines) is 1. The molecule has 0 bridgehead atoms. The van der Waals surface area contributed by atoms with Crippen LogP contribution in [0.3, 0.4) is 0 Å². The van der Waals surface area contributed by atoms with E-state index in [4.69, 9.17) is 5.11 Å². The predicted octanol–water partition coefficient (Wildman–Crippen LogP) is 0.552. The van der Waals surface area contributed by atoms with Gasteiger partial charge in [0, 0.05) is 6.54 Å². The van der Waals surface area contributed by atoms with E-state index in [0.29, 0.717) is 6.54 Å². The van der Waals surface area contributed by atoms with Gasteiger partial charge in [0.25, 0.3) is 0 Å². The van der Waals surface area contributed by atoms with Gasteiger partial charge in [-0.05, 0) is 30.9 Å². The number of ketones is 1. The third-order valence-corrected chi connectivity index (χ3v) is 4.22. The van der Waals surface area contributed by atoms with Crippen molar-refractivity contribution in [3.05, 3.63) is 35.4 Å². The third kappa shape index (κ3) is 5.41. The maximum atomic E-state index is 12.4. The molecule has 0 unspecified atom stereocenters. The second-order valence-corrected chi connectivity index (χ2v) is 6.20. The fourth-order valence-corrected chi connectivity index (χ4v) is 2.96. The summed E-state index contributed by atoms with van der Waals surface area (Å²) in [5.41, 5.74) is 1.55. The van der Waals surface area contributed by atoms with E-state index in [1.165, 1.54) is 6.92 Å². The molecule has 0 saturated carbocycles. The van der Waals surface area contributed by atoms with Gasteiger partial charge in [-0.3, -0.25) is 19.2 Å². The summed E-state index contributed by atoms with van der Waals surface area (Å²) in [7, 11) is 0. The van der Waals surface area contributed by atoms with Gasteiger partial charge < -0.3 is 15.3 Å². The summed E-state index contributed by atoms with van der Waals surface area (Å²) in [6.07, 6.45) is 1.88.